The van der Waals surface area contributed by atoms with Gasteiger partial charge in [-0.15, -0.1) is 16.8 Å². The molecule has 1 aromatic heterocycles. The minimum absolute atomic E-state index is 0.00432. The second-order valence-corrected chi connectivity index (χ2v) is 9.30. The fourth-order valence-electron chi connectivity index (χ4n) is 3.12. The molecule has 1 heterocycles. The van der Waals surface area contributed by atoms with Gasteiger partial charge in [0.1, 0.15) is 5.82 Å². The Morgan fingerprint density at radius 3 is 2.68 bits per heavy atom. The zero-order chi connectivity index (χ0) is 26.9. The first-order chi connectivity index (χ1) is 17.7. The van der Waals surface area contributed by atoms with Crippen LogP contribution in [0.15, 0.2) is 60.3 Å². The number of hydrogen-bond donors (Lipinski definition) is 2. The van der Waals surface area contributed by atoms with E-state index in [0.717, 1.165) is 11.8 Å². The smallest absolute Gasteiger partial charge is 0.338 e. The molecule has 2 aromatic carbocycles. The number of thioether (sulfide) groups is 1. The van der Waals surface area contributed by atoms with Crippen LogP contribution >= 0.6 is 23.4 Å². The summed E-state index contributed by atoms with van der Waals surface area (Å²) in [4.78, 5) is 37.1. The van der Waals surface area contributed by atoms with Gasteiger partial charge < -0.3 is 19.9 Å². The van der Waals surface area contributed by atoms with Crippen molar-refractivity contribution in [2.24, 2.45) is 0 Å². The van der Waals surface area contributed by atoms with E-state index in [2.05, 4.69) is 27.4 Å². The molecule has 0 bridgehead atoms. The Bertz CT molecular complexity index is 1310. The summed E-state index contributed by atoms with van der Waals surface area (Å²) in [5.74, 6) is -1.75. The molecule has 0 saturated heterocycles. The highest BCUT2D eigenvalue weighted by atomic mass is 35.5. The van der Waals surface area contributed by atoms with Gasteiger partial charge in [-0.1, -0.05) is 41.6 Å². The molecule has 0 saturated carbocycles. The second-order valence-electron chi connectivity index (χ2n) is 7.95. The van der Waals surface area contributed by atoms with Gasteiger partial charge in [0.05, 0.1) is 40.2 Å². The van der Waals surface area contributed by atoms with Crippen LogP contribution in [0.5, 0.6) is 0 Å². The van der Waals surface area contributed by atoms with E-state index in [0.29, 0.717) is 17.5 Å². The third-order valence-corrected chi connectivity index (χ3v) is 6.08. The van der Waals surface area contributed by atoms with E-state index < -0.39 is 17.7 Å². The molecule has 12 heteroatoms. The van der Waals surface area contributed by atoms with E-state index in [1.165, 1.54) is 36.4 Å². The lowest BCUT2D eigenvalue weighted by molar-refractivity contribution is -0.113. The maximum absolute atomic E-state index is 13.9. The molecule has 0 aliphatic heterocycles. The lowest BCUT2D eigenvalue weighted by atomic mass is 10.2. The molecule has 3 aromatic rings. The molecule has 2 N–H and O–H groups in total. The van der Waals surface area contributed by atoms with Crippen molar-refractivity contribution in [2.45, 2.75) is 38.2 Å². The number of allylic oxidation sites excluding steroid dienone is 1. The van der Waals surface area contributed by atoms with Gasteiger partial charge in [-0.25, -0.2) is 9.18 Å². The third kappa shape index (κ3) is 7.64. The molecule has 0 aliphatic rings. The maximum Gasteiger partial charge on any atom is 0.338 e. The number of nitrogens with zero attached hydrogens (tertiary/aromatic N) is 3. The summed E-state index contributed by atoms with van der Waals surface area (Å²) in [7, 11) is 0. The van der Waals surface area contributed by atoms with Gasteiger partial charge in [0.2, 0.25) is 5.91 Å². The SMILES string of the molecule is C=CCn1c(CNC(=O)c2ccccc2F)nnc1SCC(=O)Nc1cc(C(=O)OC(C)C)ccc1Cl. The molecular weight excluding hydrogens is 521 g/mol. The standard InChI is InChI=1S/C25H25ClFN5O4S/c1-4-11-32-21(13-28-23(34)17-7-5-6-8-19(17)27)30-31-25(32)37-14-22(33)29-20-12-16(9-10-18(20)26)24(35)36-15(2)3/h4-10,12,15H,1,11,13-14H2,2-3H3,(H,28,34)(H,29,33). The third-order valence-electron chi connectivity index (χ3n) is 4.78. The van der Waals surface area contributed by atoms with Gasteiger partial charge >= 0.3 is 5.97 Å². The Kier molecular flexibility index (Phi) is 9.81. The Labute approximate surface area is 222 Å². The molecule has 37 heavy (non-hydrogen) atoms. The Hall–Kier alpha value is -3.70. The van der Waals surface area contributed by atoms with Crippen LogP contribution in [-0.2, 0) is 22.6 Å². The highest BCUT2D eigenvalue weighted by Gasteiger charge is 2.17. The van der Waals surface area contributed by atoms with Crippen LogP contribution < -0.4 is 10.6 Å². The van der Waals surface area contributed by atoms with E-state index in [1.807, 2.05) is 0 Å². The predicted octanol–water partition coefficient (Wildman–Crippen LogP) is 4.48. The van der Waals surface area contributed by atoms with Crippen molar-refractivity contribution in [3.63, 3.8) is 0 Å². The van der Waals surface area contributed by atoms with Gasteiger partial charge in [-0.2, -0.15) is 0 Å². The summed E-state index contributed by atoms with van der Waals surface area (Å²) in [5.41, 5.74) is 0.451. The number of hydrogen-bond acceptors (Lipinski definition) is 7. The zero-order valence-corrected chi connectivity index (χ0v) is 21.7. The van der Waals surface area contributed by atoms with Gasteiger partial charge in [0.15, 0.2) is 11.0 Å². The second kappa shape index (κ2) is 13.0. The number of rotatable bonds is 11. The number of nitrogens with one attached hydrogen (secondary N) is 2. The lowest BCUT2D eigenvalue weighted by Crippen LogP contribution is -2.25. The average molecular weight is 546 g/mol. The molecule has 0 spiro atoms. The summed E-state index contributed by atoms with van der Waals surface area (Å²) >= 11 is 7.30. The molecule has 3 rings (SSSR count). The van der Waals surface area contributed by atoms with Gasteiger partial charge in [0.25, 0.3) is 5.91 Å². The van der Waals surface area contributed by atoms with Crippen LogP contribution in [0.4, 0.5) is 10.1 Å². The highest BCUT2D eigenvalue weighted by molar-refractivity contribution is 7.99. The van der Waals surface area contributed by atoms with Crippen molar-refractivity contribution in [3.8, 4) is 0 Å². The first-order valence-corrected chi connectivity index (χ1v) is 12.5. The van der Waals surface area contributed by atoms with Crippen LogP contribution in [0.1, 0.15) is 40.4 Å². The normalized spacial score (nSPS) is 10.7. The molecule has 0 aliphatic carbocycles. The quantitative estimate of drug-likeness (QED) is 0.207. The van der Waals surface area contributed by atoms with E-state index in [9.17, 15) is 18.8 Å². The van der Waals surface area contributed by atoms with Crippen LogP contribution in [0.2, 0.25) is 5.02 Å². The van der Waals surface area contributed by atoms with Crippen LogP contribution in [0, 0.1) is 5.82 Å². The Balaban J connectivity index is 1.63. The van der Waals surface area contributed by atoms with E-state index in [4.69, 9.17) is 16.3 Å². The zero-order valence-electron chi connectivity index (χ0n) is 20.2. The number of esters is 1. The molecule has 194 valence electrons. The molecule has 2 amide bonds. The fraction of sp³-hybridized carbons (Fsp3) is 0.240. The number of aromatic nitrogens is 3. The van der Waals surface area contributed by atoms with Gasteiger partial charge in [-0.3, -0.25) is 9.59 Å². The number of carbonyl (C=O) groups is 3. The van der Waals surface area contributed by atoms with Crippen LogP contribution in [0.3, 0.4) is 0 Å². The average Bonchev–Trinajstić information content (AvgIpc) is 3.24. The molecular formula is C25H25ClFN5O4S. The summed E-state index contributed by atoms with van der Waals surface area (Å²) < 4.78 is 20.7. The van der Waals surface area contributed by atoms with Crippen molar-refractivity contribution in [1.29, 1.82) is 0 Å². The number of amides is 2. The van der Waals surface area contributed by atoms with Gasteiger partial charge in [0, 0.05) is 6.54 Å². The number of carbonyl (C=O) groups excluding carboxylic acids is 3. The number of anilines is 1. The Morgan fingerprint density at radius 2 is 1.97 bits per heavy atom. The van der Waals surface area contributed by atoms with Crippen molar-refractivity contribution >= 4 is 46.8 Å². The lowest BCUT2D eigenvalue weighted by Gasteiger charge is -2.11. The largest absolute Gasteiger partial charge is 0.459 e. The van der Waals surface area contributed by atoms with Crippen LogP contribution in [-0.4, -0.2) is 44.4 Å². The van der Waals surface area contributed by atoms with Gasteiger partial charge in [-0.05, 0) is 44.2 Å². The van der Waals surface area contributed by atoms with Crippen molar-refractivity contribution in [3.05, 3.63) is 82.9 Å². The van der Waals surface area contributed by atoms with Crippen molar-refractivity contribution in [1.82, 2.24) is 20.1 Å². The summed E-state index contributed by atoms with van der Waals surface area (Å²) in [6.07, 6.45) is 1.33. The molecule has 0 radical (unpaired) electrons. The van der Waals surface area contributed by atoms with Crippen molar-refractivity contribution in [2.75, 3.05) is 11.1 Å². The number of halogens is 2. The molecule has 0 unspecified atom stereocenters. The first-order valence-electron chi connectivity index (χ1n) is 11.2. The topological polar surface area (TPSA) is 115 Å². The monoisotopic (exact) mass is 545 g/mol. The summed E-state index contributed by atoms with van der Waals surface area (Å²) in [5, 5.41) is 14.2. The van der Waals surface area contributed by atoms with E-state index in [-0.39, 0.29) is 46.1 Å². The minimum atomic E-state index is -0.628. The Morgan fingerprint density at radius 1 is 1.22 bits per heavy atom. The summed E-state index contributed by atoms with van der Waals surface area (Å²) in [6, 6.07) is 10.1. The first kappa shape index (κ1) is 27.9. The fourth-order valence-corrected chi connectivity index (χ4v) is 4.05. The van der Waals surface area contributed by atoms with Crippen LogP contribution in [0.25, 0.3) is 0 Å². The molecule has 0 atom stereocenters. The maximum atomic E-state index is 13.9. The molecule has 9 nitrogen and oxygen atoms in total. The minimum Gasteiger partial charge on any atom is -0.459 e. The molecule has 0 fully saturated rings. The van der Waals surface area contributed by atoms with Crippen molar-refractivity contribution < 1.29 is 23.5 Å². The summed E-state index contributed by atoms with van der Waals surface area (Å²) in [6.45, 7) is 7.52. The highest BCUT2D eigenvalue weighted by Crippen LogP contribution is 2.25. The van der Waals surface area contributed by atoms with E-state index >= 15 is 0 Å². The number of ether oxygens (including phenoxy) is 1. The van der Waals surface area contributed by atoms with E-state index in [1.54, 1.807) is 30.6 Å². The predicted molar refractivity (Wildman–Crippen MR) is 139 cm³/mol. The number of benzene rings is 2.